The van der Waals surface area contributed by atoms with Crippen LogP contribution in [0.2, 0.25) is 0 Å². The molecule has 4 N–H and O–H groups in total. The Morgan fingerprint density at radius 2 is 2.05 bits per heavy atom. The van der Waals surface area contributed by atoms with E-state index in [1.165, 1.54) is 10.7 Å². The van der Waals surface area contributed by atoms with E-state index in [0.717, 1.165) is 6.42 Å². The predicted octanol–water partition coefficient (Wildman–Crippen LogP) is 2.40. The summed E-state index contributed by atoms with van der Waals surface area (Å²) >= 11 is 0. The molecule has 0 aliphatic heterocycles. The highest BCUT2D eigenvalue weighted by Crippen LogP contribution is 2.33. The standard InChI is InChI=1S/C13H16F2N4O/c1-2-5-10-18-11(12(16)19(10)17)8-6-3-4-7-9(8)20-13(14)15/h3-4,6-7,13H,2,5,16-17H2,1H3. The van der Waals surface area contributed by atoms with Crippen LogP contribution in [-0.2, 0) is 6.42 Å². The molecule has 0 aliphatic carbocycles. The van der Waals surface area contributed by atoms with Crippen molar-refractivity contribution in [3.8, 4) is 17.0 Å². The van der Waals surface area contributed by atoms with Gasteiger partial charge >= 0.3 is 6.61 Å². The number of nitrogens with zero attached hydrogens (tertiary/aromatic N) is 2. The zero-order valence-electron chi connectivity index (χ0n) is 11.0. The van der Waals surface area contributed by atoms with E-state index in [1.807, 2.05) is 6.92 Å². The fraction of sp³-hybridized carbons (Fsp3) is 0.308. The van der Waals surface area contributed by atoms with E-state index in [2.05, 4.69) is 9.72 Å². The van der Waals surface area contributed by atoms with Crippen LogP contribution in [0.1, 0.15) is 19.2 Å². The lowest BCUT2D eigenvalue weighted by Gasteiger charge is -2.09. The van der Waals surface area contributed by atoms with Gasteiger partial charge in [0.2, 0.25) is 0 Å². The maximum atomic E-state index is 12.4. The van der Waals surface area contributed by atoms with Gasteiger partial charge in [-0.05, 0) is 18.6 Å². The third-order valence-electron chi connectivity index (χ3n) is 2.85. The number of nitrogen functional groups attached to an aromatic ring is 2. The largest absolute Gasteiger partial charge is 0.434 e. The summed E-state index contributed by atoms with van der Waals surface area (Å²) in [7, 11) is 0. The Morgan fingerprint density at radius 3 is 2.70 bits per heavy atom. The minimum Gasteiger partial charge on any atom is -0.434 e. The lowest BCUT2D eigenvalue weighted by atomic mass is 10.1. The van der Waals surface area contributed by atoms with Crippen molar-refractivity contribution < 1.29 is 13.5 Å². The maximum Gasteiger partial charge on any atom is 0.387 e. The van der Waals surface area contributed by atoms with Gasteiger partial charge in [0.15, 0.2) is 5.82 Å². The SMILES string of the molecule is CCCc1nc(-c2ccccc2OC(F)F)c(N)n1N. The molecule has 2 rings (SSSR count). The van der Waals surface area contributed by atoms with Gasteiger partial charge in [-0.25, -0.2) is 9.66 Å². The average molecular weight is 282 g/mol. The van der Waals surface area contributed by atoms with E-state index in [4.69, 9.17) is 11.6 Å². The summed E-state index contributed by atoms with van der Waals surface area (Å²) in [6.45, 7) is -0.925. The maximum absolute atomic E-state index is 12.4. The third-order valence-corrected chi connectivity index (χ3v) is 2.85. The first-order valence-electron chi connectivity index (χ1n) is 6.21. The van der Waals surface area contributed by atoms with Crippen LogP contribution in [0.4, 0.5) is 14.6 Å². The molecule has 1 aromatic heterocycles. The average Bonchev–Trinajstić information content (AvgIpc) is 2.68. The number of anilines is 1. The van der Waals surface area contributed by atoms with Gasteiger partial charge in [-0.1, -0.05) is 19.1 Å². The van der Waals surface area contributed by atoms with E-state index >= 15 is 0 Å². The Kier molecular flexibility index (Phi) is 4.07. The fourth-order valence-corrected chi connectivity index (χ4v) is 1.95. The molecule has 5 nitrogen and oxygen atoms in total. The van der Waals surface area contributed by atoms with Crippen molar-refractivity contribution in [2.45, 2.75) is 26.4 Å². The summed E-state index contributed by atoms with van der Waals surface area (Å²) in [6, 6.07) is 6.36. The number of hydrogen-bond donors (Lipinski definition) is 2. The summed E-state index contributed by atoms with van der Waals surface area (Å²) < 4.78 is 30.6. The Balaban J connectivity index is 2.49. The van der Waals surface area contributed by atoms with E-state index in [-0.39, 0.29) is 11.6 Å². The van der Waals surface area contributed by atoms with Crippen LogP contribution in [0.5, 0.6) is 5.75 Å². The first-order valence-corrected chi connectivity index (χ1v) is 6.21. The molecule has 20 heavy (non-hydrogen) atoms. The summed E-state index contributed by atoms with van der Waals surface area (Å²) in [5.41, 5.74) is 6.65. The molecule has 1 aromatic carbocycles. The Morgan fingerprint density at radius 1 is 1.35 bits per heavy atom. The van der Waals surface area contributed by atoms with E-state index in [1.54, 1.807) is 18.2 Å². The Bertz CT molecular complexity index is 598. The van der Waals surface area contributed by atoms with Crippen LogP contribution >= 0.6 is 0 Å². The molecule has 0 spiro atoms. The molecule has 0 bridgehead atoms. The van der Waals surface area contributed by atoms with Crippen LogP contribution in [0.25, 0.3) is 11.3 Å². The van der Waals surface area contributed by atoms with Gasteiger partial charge in [0.25, 0.3) is 0 Å². The molecule has 0 radical (unpaired) electrons. The number of benzene rings is 1. The van der Waals surface area contributed by atoms with Crippen molar-refractivity contribution in [3.05, 3.63) is 30.1 Å². The number of imidazole rings is 1. The molecule has 1 heterocycles. The van der Waals surface area contributed by atoms with E-state index in [9.17, 15) is 8.78 Å². The van der Waals surface area contributed by atoms with Crippen molar-refractivity contribution in [2.24, 2.45) is 0 Å². The Hall–Kier alpha value is -2.31. The van der Waals surface area contributed by atoms with Gasteiger partial charge < -0.3 is 16.3 Å². The number of alkyl halides is 2. The number of rotatable bonds is 5. The molecule has 0 saturated heterocycles. The van der Waals surface area contributed by atoms with Crippen molar-refractivity contribution in [2.75, 3.05) is 11.6 Å². The van der Waals surface area contributed by atoms with Crippen LogP contribution in [-0.4, -0.2) is 16.3 Å². The number of ether oxygens (including phenoxy) is 1. The van der Waals surface area contributed by atoms with Crippen LogP contribution in [0.3, 0.4) is 0 Å². The van der Waals surface area contributed by atoms with Crippen LogP contribution in [0.15, 0.2) is 24.3 Å². The lowest BCUT2D eigenvalue weighted by Crippen LogP contribution is -2.15. The number of aryl methyl sites for hydroxylation is 1. The minimum atomic E-state index is -2.91. The van der Waals surface area contributed by atoms with Crippen LogP contribution in [0, 0.1) is 0 Å². The molecule has 0 unspecified atom stereocenters. The smallest absolute Gasteiger partial charge is 0.387 e. The topological polar surface area (TPSA) is 79.1 Å². The highest BCUT2D eigenvalue weighted by Gasteiger charge is 2.18. The minimum absolute atomic E-state index is 0.0235. The second kappa shape index (κ2) is 5.77. The highest BCUT2D eigenvalue weighted by atomic mass is 19.3. The quantitative estimate of drug-likeness (QED) is 0.825. The highest BCUT2D eigenvalue weighted by molar-refractivity contribution is 5.76. The van der Waals surface area contributed by atoms with Crippen molar-refractivity contribution in [3.63, 3.8) is 0 Å². The monoisotopic (exact) mass is 282 g/mol. The summed E-state index contributed by atoms with van der Waals surface area (Å²) in [5.74, 6) is 6.67. The lowest BCUT2D eigenvalue weighted by molar-refractivity contribution is -0.0494. The van der Waals surface area contributed by atoms with E-state index < -0.39 is 6.61 Å². The van der Waals surface area contributed by atoms with Crippen molar-refractivity contribution in [1.82, 2.24) is 9.66 Å². The van der Waals surface area contributed by atoms with Crippen molar-refractivity contribution >= 4 is 5.82 Å². The molecular formula is C13H16F2N4O. The predicted molar refractivity (Wildman–Crippen MR) is 72.9 cm³/mol. The van der Waals surface area contributed by atoms with E-state index in [0.29, 0.717) is 23.5 Å². The second-order valence-electron chi connectivity index (χ2n) is 4.26. The van der Waals surface area contributed by atoms with Gasteiger partial charge in [-0.3, -0.25) is 0 Å². The third kappa shape index (κ3) is 2.66. The number of para-hydroxylation sites is 1. The number of halogens is 2. The van der Waals surface area contributed by atoms with Crippen LogP contribution < -0.4 is 16.3 Å². The summed E-state index contributed by atoms with van der Waals surface area (Å²) in [4.78, 5) is 4.33. The van der Waals surface area contributed by atoms with Gasteiger partial charge in [0, 0.05) is 12.0 Å². The number of nitrogens with two attached hydrogens (primary N) is 2. The molecule has 0 atom stereocenters. The van der Waals surface area contributed by atoms with Gasteiger partial charge in [0.05, 0.1) is 0 Å². The molecule has 0 amide bonds. The van der Waals surface area contributed by atoms with Gasteiger partial charge in [-0.15, -0.1) is 0 Å². The molecular weight excluding hydrogens is 266 g/mol. The molecule has 108 valence electrons. The molecule has 2 aromatic rings. The molecule has 0 aliphatic rings. The van der Waals surface area contributed by atoms with Gasteiger partial charge in [0.1, 0.15) is 17.3 Å². The second-order valence-corrected chi connectivity index (χ2v) is 4.26. The number of aromatic nitrogens is 2. The molecule has 0 saturated carbocycles. The zero-order valence-corrected chi connectivity index (χ0v) is 11.0. The molecule has 0 fully saturated rings. The number of hydrogen-bond acceptors (Lipinski definition) is 4. The normalized spacial score (nSPS) is 11.0. The Labute approximate surface area is 115 Å². The first kappa shape index (κ1) is 14.1. The fourth-order valence-electron chi connectivity index (χ4n) is 1.95. The first-order chi connectivity index (χ1) is 9.54. The summed E-state index contributed by atoms with van der Waals surface area (Å²) in [5, 5.41) is 0. The van der Waals surface area contributed by atoms with Crippen molar-refractivity contribution in [1.29, 1.82) is 0 Å². The summed E-state index contributed by atoms with van der Waals surface area (Å²) in [6.07, 6.45) is 1.50. The molecule has 7 heteroatoms. The zero-order chi connectivity index (χ0) is 14.7. The van der Waals surface area contributed by atoms with Gasteiger partial charge in [-0.2, -0.15) is 8.78 Å².